The first kappa shape index (κ1) is 24.3. The summed E-state index contributed by atoms with van der Waals surface area (Å²) in [5.74, 6) is 0.0283. The highest BCUT2D eigenvalue weighted by atomic mass is 32.2. The zero-order valence-corrected chi connectivity index (χ0v) is 20.2. The summed E-state index contributed by atoms with van der Waals surface area (Å²) in [6.07, 6.45) is 2.05. The van der Waals surface area contributed by atoms with Crippen LogP contribution in [0, 0.1) is 22.7 Å². The number of primary amides is 1. The van der Waals surface area contributed by atoms with Crippen molar-refractivity contribution < 1.29 is 9.32 Å². The number of anilines is 1. The maximum Gasteiger partial charge on any atom is 0.235 e. The maximum atomic E-state index is 12.3. The molecule has 178 valence electrons. The maximum absolute atomic E-state index is 12.3. The molecule has 1 unspecified atom stereocenters. The highest BCUT2D eigenvalue weighted by Gasteiger charge is 2.28. The second kappa shape index (κ2) is 11.0. The molecule has 3 aromatic rings. The van der Waals surface area contributed by atoms with Crippen LogP contribution >= 0.6 is 11.8 Å². The number of rotatable bonds is 8. The van der Waals surface area contributed by atoms with E-state index in [1.165, 1.54) is 0 Å². The molecule has 4 rings (SSSR count). The first-order valence-electron chi connectivity index (χ1n) is 11.3. The lowest BCUT2D eigenvalue weighted by Crippen LogP contribution is -2.46. The van der Waals surface area contributed by atoms with E-state index in [1.807, 2.05) is 43.3 Å². The smallest absolute Gasteiger partial charge is 0.235 e. The number of benzene rings is 1. The minimum absolute atomic E-state index is 0.324. The van der Waals surface area contributed by atoms with Gasteiger partial charge in [-0.15, -0.1) is 0 Å². The summed E-state index contributed by atoms with van der Waals surface area (Å²) in [6, 6.07) is 15.5. The van der Waals surface area contributed by atoms with Gasteiger partial charge in [-0.3, -0.25) is 9.69 Å². The summed E-state index contributed by atoms with van der Waals surface area (Å²) in [7, 11) is 0. The number of nitrogens with two attached hydrogens (primary N) is 1. The van der Waals surface area contributed by atoms with Gasteiger partial charge in [0, 0.05) is 38.8 Å². The number of carbonyl (C=O) groups excluding carboxylic acids is 1. The van der Waals surface area contributed by atoms with E-state index < -0.39 is 11.2 Å². The summed E-state index contributed by atoms with van der Waals surface area (Å²) < 4.78 is 4.92. The molecule has 3 heterocycles. The molecule has 2 N–H and O–H groups in total. The van der Waals surface area contributed by atoms with Crippen molar-refractivity contribution in [1.29, 1.82) is 10.5 Å². The van der Waals surface area contributed by atoms with Gasteiger partial charge in [0.15, 0.2) is 0 Å². The fourth-order valence-corrected chi connectivity index (χ4v) is 5.25. The highest BCUT2D eigenvalue weighted by molar-refractivity contribution is 8.00. The van der Waals surface area contributed by atoms with E-state index >= 15 is 0 Å². The van der Waals surface area contributed by atoms with E-state index in [0.717, 1.165) is 36.1 Å². The van der Waals surface area contributed by atoms with Crippen LogP contribution in [0.5, 0.6) is 0 Å². The van der Waals surface area contributed by atoms with E-state index in [1.54, 1.807) is 6.26 Å². The molecule has 1 atom stereocenters. The van der Waals surface area contributed by atoms with Gasteiger partial charge in [-0.2, -0.15) is 10.5 Å². The SMILES string of the molecule is CCc1c(C#N)c(SC(C(N)=O)c2ccccc2)nc(N2CCN(Cc3ccon3)CC2)c1C#N. The molecule has 10 heteroatoms. The number of piperazine rings is 1. The Bertz CT molecular complexity index is 1260. The largest absolute Gasteiger partial charge is 0.368 e. The average Bonchev–Trinajstić information content (AvgIpc) is 3.40. The van der Waals surface area contributed by atoms with Crippen LogP contribution in [0.4, 0.5) is 5.82 Å². The van der Waals surface area contributed by atoms with Gasteiger partial charge in [0.1, 0.15) is 34.5 Å². The van der Waals surface area contributed by atoms with Crippen molar-refractivity contribution in [1.82, 2.24) is 15.0 Å². The fraction of sp³-hybridized carbons (Fsp3) is 0.320. The Morgan fingerprint density at radius 1 is 1.14 bits per heavy atom. The second-order valence-corrected chi connectivity index (χ2v) is 9.21. The predicted octanol–water partition coefficient (Wildman–Crippen LogP) is 3.02. The number of amides is 1. The second-order valence-electron chi connectivity index (χ2n) is 8.11. The van der Waals surface area contributed by atoms with Gasteiger partial charge in [0.25, 0.3) is 0 Å². The Morgan fingerprint density at radius 2 is 1.86 bits per heavy atom. The van der Waals surface area contributed by atoms with Crippen molar-refractivity contribution >= 4 is 23.5 Å². The summed E-state index contributed by atoms with van der Waals surface area (Å²) in [5, 5.41) is 23.7. The summed E-state index contributed by atoms with van der Waals surface area (Å²) in [6.45, 7) is 5.45. The van der Waals surface area contributed by atoms with Gasteiger partial charge < -0.3 is 15.2 Å². The van der Waals surface area contributed by atoms with Gasteiger partial charge >= 0.3 is 0 Å². The molecule has 1 aliphatic rings. The van der Waals surface area contributed by atoms with Crippen LogP contribution in [0.25, 0.3) is 0 Å². The molecule has 2 aromatic heterocycles. The predicted molar refractivity (Wildman–Crippen MR) is 131 cm³/mol. The number of aromatic nitrogens is 2. The van der Waals surface area contributed by atoms with E-state index in [-0.39, 0.29) is 0 Å². The van der Waals surface area contributed by atoms with Crippen molar-refractivity contribution in [2.24, 2.45) is 5.73 Å². The molecule has 0 saturated carbocycles. The monoisotopic (exact) mass is 487 g/mol. The van der Waals surface area contributed by atoms with Crippen molar-refractivity contribution in [2.45, 2.75) is 30.2 Å². The normalized spacial score (nSPS) is 14.8. The van der Waals surface area contributed by atoms with E-state index in [9.17, 15) is 15.3 Å². The van der Waals surface area contributed by atoms with Crippen LogP contribution in [0.2, 0.25) is 0 Å². The molecule has 35 heavy (non-hydrogen) atoms. The van der Waals surface area contributed by atoms with E-state index in [2.05, 4.69) is 27.1 Å². The number of hydrogen-bond donors (Lipinski definition) is 1. The van der Waals surface area contributed by atoms with E-state index in [0.29, 0.717) is 53.6 Å². The molecule has 0 radical (unpaired) electrons. The number of nitrogens with zero attached hydrogens (tertiary/aromatic N) is 6. The number of thioether (sulfide) groups is 1. The van der Waals surface area contributed by atoms with E-state index in [4.69, 9.17) is 15.2 Å². The van der Waals surface area contributed by atoms with Crippen LogP contribution in [-0.4, -0.2) is 47.1 Å². The molecule has 9 nitrogen and oxygen atoms in total. The minimum Gasteiger partial charge on any atom is -0.368 e. The number of pyridine rings is 1. The lowest BCUT2D eigenvalue weighted by molar-refractivity contribution is -0.117. The molecule has 0 spiro atoms. The standard InChI is InChI=1S/C25H25N7O2S/c1-2-19-20(14-26)24(32-11-9-31(10-12-32)16-18-8-13-34-30-18)29-25(21(19)15-27)35-22(23(28)33)17-6-4-3-5-7-17/h3-8,13,22H,2,9-12,16H2,1H3,(H2,28,33). The molecule has 0 bridgehead atoms. The summed E-state index contributed by atoms with van der Waals surface area (Å²) >= 11 is 1.16. The Hall–Kier alpha value is -3.86. The lowest BCUT2D eigenvalue weighted by atomic mass is 10.0. The molecule has 1 aromatic carbocycles. The quantitative estimate of drug-likeness (QED) is 0.475. The summed E-state index contributed by atoms with van der Waals surface area (Å²) in [4.78, 5) is 21.5. The average molecular weight is 488 g/mol. The lowest BCUT2D eigenvalue weighted by Gasteiger charge is -2.36. The topological polar surface area (TPSA) is 136 Å². The molecule has 1 amide bonds. The number of nitriles is 2. The zero-order valence-electron chi connectivity index (χ0n) is 19.3. The summed E-state index contributed by atoms with van der Waals surface area (Å²) in [5.41, 5.74) is 8.72. The molecule has 1 aliphatic heterocycles. The van der Waals surface area contributed by atoms with Crippen LogP contribution < -0.4 is 10.6 Å². The fourth-order valence-electron chi connectivity index (χ4n) is 4.19. The Labute approximate surface area is 208 Å². The highest BCUT2D eigenvalue weighted by Crippen LogP contribution is 2.39. The number of carbonyl (C=O) groups is 1. The van der Waals surface area contributed by atoms with Gasteiger partial charge in [-0.25, -0.2) is 4.98 Å². The molecule has 1 fully saturated rings. The third kappa shape index (κ3) is 5.29. The Balaban J connectivity index is 1.66. The molecule has 0 aliphatic carbocycles. The van der Waals surface area contributed by atoms with Gasteiger partial charge in [-0.1, -0.05) is 54.2 Å². The Morgan fingerprint density at radius 3 is 2.43 bits per heavy atom. The minimum atomic E-state index is -0.708. The molecule has 1 saturated heterocycles. The molecular formula is C25H25N7O2S. The van der Waals surface area contributed by atoms with Crippen LogP contribution in [0.15, 0.2) is 52.2 Å². The van der Waals surface area contributed by atoms with Gasteiger partial charge in [0.05, 0.1) is 16.8 Å². The van der Waals surface area contributed by atoms with Crippen molar-refractivity contribution in [3.8, 4) is 12.1 Å². The zero-order chi connectivity index (χ0) is 24.8. The van der Waals surface area contributed by atoms with Crippen LogP contribution in [0.1, 0.15) is 40.1 Å². The van der Waals surface area contributed by atoms with Crippen molar-refractivity contribution in [3.05, 3.63) is 70.6 Å². The van der Waals surface area contributed by atoms with Gasteiger partial charge in [0.2, 0.25) is 5.91 Å². The first-order valence-corrected chi connectivity index (χ1v) is 12.2. The van der Waals surface area contributed by atoms with Crippen LogP contribution in [-0.2, 0) is 17.8 Å². The van der Waals surface area contributed by atoms with Crippen molar-refractivity contribution in [2.75, 3.05) is 31.1 Å². The molecular weight excluding hydrogens is 462 g/mol. The third-order valence-corrected chi connectivity index (χ3v) is 7.22. The number of hydrogen-bond acceptors (Lipinski definition) is 9. The van der Waals surface area contributed by atoms with Crippen LogP contribution in [0.3, 0.4) is 0 Å². The van der Waals surface area contributed by atoms with Crippen molar-refractivity contribution in [3.63, 3.8) is 0 Å². The Kier molecular flexibility index (Phi) is 7.66. The first-order chi connectivity index (χ1) is 17.0. The van der Waals surface area contributed by atoms with Gasteiger partial charge in [-0.05, 0) is 17.5 Å². The third-order valence-electron chi connectivity index (χ3n) is 5.96.